The van der Waals surface area contributed by atoms with Gasteiger partial charge in [0.2, 0.25) is 0 Å². The van der Waals surface area contributed by atoms with E-state index in [0.717, 1.165) is 22.4 Å². The molecule has 130 valence electrons. The number of hydrogen-bond acceptors (Lipinski definition) is 5. The molecular formula is C18H16Cl2N2O2S. The van der Waals surface area contributed by atoms with Gasteiger partial charge in [0.25, 0.3) is 11.1 Å². The van der Waals surface area contributed by atoms with Crippen molar-refractivity contribution in [1.29, 1.82) is 0 Å². The van der Waals surface area contributed by atoms with Crippen LogP contribution in [-0.4, -0.2) is 10.2 Å². The van der Waals surface area contributed by atoms with Gasteiger partial charge < -0.3 is 9.15 Å². The van der Waals surface area contributed by atoms with Crippen LogP contribution in [0.5, 0.6) is 5.75 Å². The molecule has 3 aromatic rings. The molecule has 0 aliphatic carbocycles. The number of rotatable bonds is 6. The Morgan fingerprint density at radius 3 is 2.56 bits per heavy atom. The largest absolute Gasteiger partial charge is 0.483 e. The fraction of sp³-hybridized carbons (Fsp3) is 0.222. The number of hydrogen-bond donors (Lipinski definition) is 0. The Kier molecular flexibility index (Phi) is 5.89. The number of aromatic nitrogens is 2. The standard InChI is InChI=1S/C18H16Cl2N2O2S/c1-11-4-3-5-12(2)17(11)23-9-16-21-22-18(24-16)25-10-13-6-7-14(19)8-15(13)20/h3-8H,9-10H2,1-2H3. The minimum atomic E-state index is 0.237. The smallest absolute Gasteiger partial charge is 0.277 e. The van der Waals surface area contributed by atoms with E-state index in [1.165, 1.54) is 11.8 Å². The lowest BCUT2D eigenvalue weighted by Gasteiger charge is -2.09. The van der Waals surface area contributed by atoms with Crippen molar-refractivity contribution in [3.05, 3.63) is 69.0 Å². The first-order chi connectivity index (χ1) is 12.0. The molecule has 0 radical (unpaired) electrons. The molecule has 1 aromatic heterocycles. The van der Waals surface area contributed by atoms with Crippen molar-refractivity contribution in [2.75, 3.05) is 0 Å². The summed E-state index contributed by atoms with van der Waals surface area (Å²) in [7, 11) is 0. The normalized spacial score (nSPS) is 10.9. The summed E-state index contributed by atoms with van der Waals surface area (Å²) in [6.45, 7) is 4.25. The second-order valence-electron chi connectivity index (χ2n) is 5.50. The van der Waals surface area contributed by atoms with E-state index >= 15 is 0 Å². The van der Waals surface area contributed by atoms with Crippen LogP contribution >= 0.6 is 35.0 Å². The fourth-order valence-electron chi connectivity index (χ4n) is 2.29. The molecule has 0 bridgehead atoms. The van der Waals surface area contributed by atoms with Gasteiger partial charge >= 0.3 is 0 Å². The second-order valence-corrected chi connectivity index (χ2v) is 7.27. The van der Waals surface area contributed by atoms with Gasteiger partial charge in [-0.25, -0.2) is 0 Å². The van der Waals surface area contributed by atoms with Crippen LogP contribution in [0.2, 0.25) is 10.0 Å². The van der Waals surface area contributed by atoms with Crippen molar-refractivity contribution in [3.63, 3.8) is 0 Å². The third kappa shape index (κ3) is 4.69. The summed E-state index contributed by atoms with van der Waals surface area (Å²) in [5.74, 6) is 1.91. The van der Waals surface area contributed by atoms with E-state index in [2.05, 4.69) is 10.2 Å². The first-order valence-corrected chi connectivity index (χ1v) is 9.35. The molecule has 0 aliphatic heterocycles. The molecule has 0 saturated carbocycles. The summed E-state index contributed by atoms with van der Waals surface area (Å²) in [5, 5.41) is 9.77. The van der Waals surface area contributed by atoms with E-state index in [-0.39, 0.29) is 6.61 Å². The summed E-state index contributed by atoms with van der Waals surface area (Å²) in [6.07, 6.45) is 0. The number of para-hydroxylation sites is 1. The summed E-state index contributed by atoms with van der Waals surface area (Å²) >= 11 is 13.5. The lowest BCUT2D eigenvalue weighted by atomic mass is 10.1. The molecule has 0 spiro atoms. The Morgan fingerprint density at radius 1 is 1.08 bits per heavy atom. The maximum atomic E-state index is 6.16. The summed E-state index contributed by atoms with van der Waals surface area (Å²) in [4.78, 5) is 0. The maximum Gasteiger partial charge on any atom is 0.277 e. The van der Waals surface area contributed by atoms with Gasteiger partial charge in [-0.3, -0.25) is 0 Å². The number of benzene rings is 2. The van der Waals surface area contributed by atoms with Crippen LogP contribution in [0.4, 0.5) is 0 Å². The van der Waals surface area contributed by atoms with Gasteiger partial charge in [0.05, 0.1) is 0 Å². The molecule has 7 heteroatoms. The van der Waals surface area contributed by atoms with E-state index in [0.29, 0.717) is 26.9 Å². The van der Waals surface area contributed by atoms with E-state index < -0.39 is 0 Å². The fourth-order valence-corrected chi connectivity index (χ4v) is 3.63. The van der Waals surface area contributed by atoms with Crippen LogP contribution in [0.3, 0.4) is 0 Å². The molecule has 0 atom stereocenters. The zero-order valence-electron chi connectivity index (χ0n) is 13.8. The average molecular weight is 395 g/mol. The van der Waals surface area contributed by atoms with Crippen molar-refractivity contribution < 1.29 is 9.15 Å². The number of halogens is 2. The summed E-state index contributed by atoms with van der Waals surface area (Å²) < 4.78 is 11.4. The average Bonchev–Trinajstić information content (AvgIpc) is 3.01. The molecule has 0 amide bonds. The number of nitrogens with zero attached hydrogens (tertiary/aromatic N) is 2. The van der Waals surface area contributed by atoms with Crippen LogP contribution in [0.25, 0.3) is 0 Å². The minimum Gasteiger partial charge on any atom is -0.483 e. The third-order valence-corrected chi connectivity index (χ3v) is 5.02. The van der Waals surface area contributed by atoms with Crippen molar-refractivity contribution in [2.45, 2.75) is 31.4 Å². The number of ether oxygens (including phenoxy) is 1. The molecule has 4 nitrogen and oxygen atoms in total. The molecular weight excluding hydrogens is 379 g/mol. The van der Waals surface area contributed by atoms with E-state index in [1.54, 1.807) is 12.1 Å². The van der Waals surface area contributed by atoms with Crippen LogP contribution in [0, 0.1) is 13.8 Å². The van der Waals surface area contributed by atoms with Gasteiger partial charge in [0, 0.05) is 15.8 Å². The summed E-state index contributed by atoms with van der Waals surface area (Å²) in [5.41, 5.74) is 3.11. The lowest BCUT2D eigenvalue weighted by Crippen LogP contribution is -1.99. The van der Waals surface area contributed by atoms with Gasteiger partial charge in [-0.2, -0.15) is 0 Å². The number of aryl methyl sites for hydroxylation is 2. The van der Waals surface area contributed by atoms with Gasteiger partial charge in [-0.1, -0.05) is 59.2 Å². The zero-order chi connectivity index (χ0) is 17.8. The van der Waals surface area contributed by atoms with E-state index in [4.69, 9.17) is 32.4 Å². The van der Waals surface area contributed by atoms with E-state index in [9.17, 15) is 0 Å². The van der Waals surface area contributed by atoms with Crippen molar-refractivity contribution in [3.8, 4) is 5.75 Å². The highest BCUT2D eigenvalue weighted by Gasteiger charge is 2.11. The lowest BCUT2D eigenvalue weighted by molar-refractivity contribution is 0.249. The molecule has 0 fully saturated rings. The molecule has 0 unspecified atom stereocenters. The first-order valence-electron chi connectivity index (χ1n) is 7.61. The molecule has 0 N–H and O–H groups in total. The SMILES string of the molecule is Cc1cccc(C)c1OCc1nnc(SCc2ccc(Cl)cc2Cl)o1. The van der Waals surface area contributed by atoms with Crippen LogP contribution in [0.15, 0.2) is 46.0 Å². The third-order valence-electron chi connectivity index (χ3n) is 3.56. The molecule has 2 aromatic carbocycles. The van der Waals surface area contributed by atoms with Crippen LogP contribution in [0.1, 0.15) is 22.6 Å². The van der Waals surface area contributed by atoms with Crippen molar-refractivity contribution >= 4 is 35.0 Å². The van der Waals surface area contributed by atoms with Crippen molar-refractivity contribution in [1.82, 2.24) is 10.2 Å². The molecule has 25 heavy (non-hydrogen) atoms. The Hall–Kier alpha value is -1.69. The number of thioether (sulfide) groups is 1. The molecule has 3 rings (SSSR count). The van der Waals surface area contributed by atoms with Crippen LogP contribution in [-0.2, 0) is 12.4 Å². The van der Waals surface area contributed by atoms with Gasteiger partial charge in [-0.05, 0) is 42.7 Å². The van der Waals surface area contributed by atoms with Gasteiger partial charge in [-0.15, -0.1) is 10.2 Å². The predicted molar refractivity (Wildman–Crippen MR) is 101 cm³/mol. The Bertz CT molecular complexity index is 863. The molecule has 0 saturated heterocycles. The van der Waals surface area contributed by atoms with E-state index in [1.807, 2.05) is 38.1 Å². The topological polar surface area (TPSA) is 48.2 Å². The first kappa shape index (κ1) is 18.1. The Balaban J connectivity index is 1.59. The monoisotopic (exact) mass is 394 g/mol. The highest BCUT2D eigenvalue weighted by atomic mass is 35.5. The highest BCUT2D eigenvalue weighted by molar-refractivity contribution is 7.98. The summed E-state index contributed by atoms with van der Waals surface area (Å²) in [6, 6.07) is 11.4. The second kappa shape index (κ2) is 8.13. The minimum absolute atomic E-state index is 0.237. The molecule has 0 aliphatic rings. The van der Waals surface area contributed by atoms with Crippen molar-refractivity contribution in [2.24, 2.45) is 0 Å². The van der Waals surface area contributed by atoms with Gasteiger partial charge in [0.15, 0.2) is 6.61 Å². The quantitative estimate of drug-likeness (QED) is 0.489. The van der Waals surface area contributed by atoms with Crippen LogP contribution < -0.4 is 4.74 Å². The Morgan fingerprint density at radius 2 is 1.84 bits per heavy atom. The predicted octanol–water partition coefficient (Wildman–Crippen LogP) is 5.86. The maximum absolute atomic E-state index is 6.16. The Labute approximate surface area is 160 Å². The molecule has 1 heterocycles. The zero-order valence-corrected chi connectivity index (χ0v) is 16.1. The highest BCUT2D eigenvalue weighted by Crippen LogP contribution is 2.28. The van der Waals surface area contributed by atoms with Gasteiger partial charge in [0.1, 0.15) is 5.75 Å².